The predicted octanol–water partition coefficient (Wildman–Crippen LogP) is 1.47. The number of rotatable bonds is 8. The summed E-state index contributed by atoms with van der Waals surface area (Å²) in [6, 6.07) is 0.433. The van der Waals surface area contributed by atoms with Crippen LogP contribution in [0.3, 0.4) is 0 Å². The summed E-state index contributed by atoms with van der Waals surface area (Å²) in [5.74, 6) is 0. The fourth-order valence-corrected chi connectivity index (χ4v) is 1.45. The maximum atomic E-state index is 9.84. The Hall–Kier alpha value is -0.120. The van der Waals surface area contributed by atoms with Crippen LogP contribution < -0.4 is 5.32 Å². The van der Waals surface area contributed by atoms with Gasteiger partial charge in [-0.05, 0) is 33.4 Å². The lowest BCUT2D eigenvalue weighted by molar-refractivity contribution is 0.0520. The first-order valence-corrected chi connectivity index (χ1v) is 6.13. The van der Waals surface area contributed by atoms with Crippen molar-refractivity contribution >= 4 is 0 Å². The molecule has 0 radical (unpaired) electrons. The van der Waals surface area contributed by atoms with E-state index in [-0.39, 0.29) is 0 Å². The van der Waals surface area contributed by atoms with Gasteiger partial charge in [-0.3, -0.25) is 0 Å². The number of aliphatic hydroxyl groups is 1. The monoisotopic (exact) mass is 216 g/mol. The summed E-state index contributed by atoms with van der Waals surface area (Å²) < 4.78 is 0. The van der Waals surface area contributed by atoms with Gasteiger partial charge in [-0.1, -0.05) is 20.8 Å². The molecule has 92 valence electrons. The molecule has 0 saturated carbocycles. The second kappa shape index (κ2) is 7.20. The highest BCUT2D eigenvalue weighted by molar-refractivity contribution is 4.76. The van der Waals surface area contributed by atoms with E-state index in [0.29, 0.717) is 12.6 Å². The summed E-state index contributed by atoms with van der Waals surface area (Å²) >= 11 is 0. The molecular formula is C12H28N2O. The summed E-state index contributed by atoms with van der Waals surface area (Å²) in [4.78, 5) is 2.39. The molecule has 2 unspecified atom stereocenters. The van der Waals surface area contributed by atoms with E-state index in [2.05, 4.69) is 31.0 Å². The molecule has 0 heterocycles. The molecule has 0 bridgehead atoms. The summed E-state index contributed by atoms with van der Waals surface area (Å²) in [5.41, 5.74) is -0.572. The van der Waals surface area contributed by atoms with Gasteiger partial charge in [0.05, 0.1) is 5.60 Å². The Morgan fingerprint density at radius 2 is 1.80 bits per heavy atom. The van der Waals surface area contributed by atoms with Crippen molar-refractivity contribution in [3.8, 4) is 0 Å². The molecule has 0 aromatic carbocycles. The van der Waals surface area contributed by atoms with Crippen molar-refractivity contribution < 1.29 is 5.11 Å². The molecule has 0 spiro atoms. The van der Waals surface area contributed by atoms with Gasteiger partial charge in [-0.25, -0.2) is 0 Å². The van der Waals surface area contributed by atoms with Crippen LogP contribution in [0, 0.1) is 0 Å². The van der Waals surface area contributed by atoms with Crippen LogP contribution in [0.5, 0.6) is 0 Å². The van der Waals surface area contributed by atoms with E-state index in [1.165, 1.54) is 0 Å². The second-order valence-corrected chi connectivity index (χ2v) is 4.62. The lowest BCUT2D eigenvalue weighted by Crippen LogP contribution is -2.45. The van der Waals surface area contributed by atoms with Gasteiger partial charge in [0.1, 0.15) is 0 Å². The first-order chi connectivity index (χ1) is 6.95. The van der Waals surface area contributed by atoms with Crippen LogP contribution in [0.15, 0.2) is 0 Å². The zero-order valence-corrected chi connectivity index (χ0v) is 11.0. The van der Waals surface area contributed by atoms with Crippen LogP contribution in [0.4, 0.5) is 0 Å². The summed E-state index contributed by atoms with van der Waals surface area (Å²) in [5, 5.41) is 13.2. The van der Waals surface area contributed by atoms with Crippen molar-refractivity contribution in [3.63, 3.8) is 0 Å². The van der Waals surface area contributed by atoms with Gasteiger partial charge in [0.15, 0.2) is 0 Å². The minimum atomic E-state index is -0.572. The Morgan fingerprint density at radius 1 is 1.27 bits per heavy atom. The Balaban J connectivity index is 3.78. The minimum absolute atomic E-state index is 0.433. The molecule has 0 aliphatic heterocycles. The normalized spacial score (nSPS) is 17.8. The maximum absolute atomic E-state index is 9.84. The van der Waals surface area contributed by atoms with Crippen LogP contribution in [0.1, 0.15) is 41.0 Å². The third-order valence-electron chi connectivity index (χ3n) is 3.02. The molecule has 0 rings (SSSR count). The van der Waals surface area contributed by atoms with E-state index >= 15 is 0 Å². The average Bonchev–Trinajstić information content (AvgIpc) is 2.23. The number of nitrogens with zero attached hydrogens (tertiary/aromatic N) is 1. The minimum Gasteiger partial charge on any atom is -0.389 e. The molecule has 15 heavy (non-hydrogen) atoms. The molecule has 0 saturated heterocycles. The number of hydrogen-bond donors (Lipinski definition) is 2. The Labute approximate surface area is 94.9 Å². The molecule has 0 fully saturated rings. The van der Waals surface area contributed by atoms with E-state index in [1.807, 2.05) is 13.8 Å². The van der Waals surface area contributed by atoms with E-state index in [4.69, 9.17) is 0 Å². The molecule has 3 heteroatoms. The zero-order valence-electron chi connectivity index (χ0n) is 11.0. The summed E-state index contributed by atoms with van der Waals surface area (Å²) in [6.07, 6.45) is 0.790. The largest absolute Gasteiger partial charge is 0.389 e. The standard InChI is InChI=1S/C12H28N2O/c1-6-12(5,15)10-13-11(4)9-14(7-2)8-3/h11,13,15H,6-10H2,1-5H3. The number of nitrogens with one attached hydrogen (secondary N) is 1. The Bertz CT molecular complexity index is 156. The van der Waals surface area contributed by atoms with Gasteiger partial charge < -0.3 is 15.3 Å². The van der Waals surface area contributed by atoms with Crippen LogP contribution >= 0.6 is 0 Å². The Morgan fingerprint density at radius 3 is 2.20 bits per heavy atom. The molecule has 3 nitrogen and oxygen atoms in total. The van der Waals surface area contributed by atoms with Crippen LogP contribution in [0.25, 0.3) is 0 Å². The van der Waals surface area contributed by atoms with Crippen LogP contribution in [0.2, 0.25) is 0 Å². The first kappa shape index (κ1) is 14.9. The van der Waals surface area contributed by atoms with Crippen LogP contribution in [-0.4, -0.2) is 47.8 Å². The smallest absolute Gasteiger partial charge is 0.0741 e. The lowest BCUT2D eigenvalue weighted by atomic mass is 10.0. The molecule has 2 N–H and O–H groups in total. The van der Waals surface area contributed by atoms with E-state index in [9.17, 15) is 5.11 Å². The van der Waals surface area contributed by atoms with Crippen molar-refractivity contribution in [1.82, 2.24) is 10.2 Å². The van der Waals surface area contributed by atoms with Gasteiger partial charge >= 0.3 is 0 Å². The fraction of sp³-hybridized carbons (Fsp3) is 1.00. The van der Waals surface area contributed by atoms with E-state index in [0.717, 1.165) is 26.1 Å². The van der Waals surface area contributed by atoms with Gasteiger partial charge in [0.25, 0.3) is 0 Å². The summed E-state index contributed by atoms with van der Waals surface area (Å²) in [7, 11) is 0. The van der Waals surface area contributed by atoms with Gasteiger partial charge in [-0.15, -0.1) is 0 Å². The molecule has 0 amide bonds. The Kier molecular flexibility index (Phi) is 7.14. The van der Waals surface area contributed by atoms with Crippen LogP contribution in [-0.2, 0) is 0 Å². The highest BCUT2D eigenvalue weighted by Crippen LogP contribution is 2.06. The predicted molar refractivity (Wildman–Crippen MR) is 66.2 cm³/mol. The average molecular weight is 216 g/mol. The van der Waals surface area contributed by atoms with Gasteiger partial charge in [0.2, 0.25) is 0 Å². The second-order valence-electron chi connectivity index (χ2n) is 4.62. The number of hydrogen-bond acceptors (Lipinski definition) is 3. The van der Waals surface area contributed by atoms with Crippen molar-refractivity contribution in [3.05, 3.63) is 0 Å². The third-order valence-corrected chi connectivity index (χ3v) is 3.02. The SMILES string of the molecule is CCN(CC)CC(C)NCC(C)(O)CC. The van der Waals surface area contributed by atoms with Crippen molar-refractivity contribution in [2.24, 2.45) is 0 Å². The molecule has 0 aliphatic carbocycles. The van der Waals surface area contributed by atoms with E-state index < -0.39 is 5.60 Å². The van der Waals surface area contributed by atoms with Crippen molar-refractivity contribution in [2.45, 2.75) is 52.7 Å². The van der Waals surface area contributed by atoms with Crippen molar-refractivity contribution in [2.75, 3.05) is 26.2 Å². The topological polar surface area (TPSA) is 35.5 Å². The quantitative estimate of drug-likeness (QED) is 0.645. The van der Waals surface area contributed by atoms with Crippen molar-refractivity contribution in [1.29, 1.82) is 0 Å². The molecule has 0 aromatic heterocycles. The third kappa shape index (κ3) is 6.88. The number of likely N-dealkylation sites (N-methyl/N-ethyl adjacent to an activating group) is 1. The van der Waals surface area contributed by atoms with Gasteiger partial charge in [-0.2, -0.15) is 0 Å². The first-order valence-electron chi connectivity index (χ1n) is 6.13. The highest BCUT2D eigenvalue weighted by Gasteiger charge is 2.18. The fourth-order valence-electron chi connectivity index (χ4n) is 1.45. The van der Waals surface area contributed by atoms with E-state index in [1.54, 1.807) is 0 Å². The molecule has 0 aromatic rings. The molecule has 2 atom stereocenters. The lowest BCUT2D eigenvalue weighted by Gasteiger charge is -2.27. The van der Waals surface area contributed by atoms with Gasteiger partial charge in [0, 0.05) is 19.1 Å². The zero-order chi connectivity index (χ0) is 11.9. The highest BCUT2D eigenvalue weighted by atomic mass is 16.3. The molecule has 0 aliphatic rings. The molecular weight excluding hydrogens is 188 g/mol. The maximum Gasteiger partial charge on any atom is 0.0741 e. The summed E-state index contributed by atoms with van der Waals surface area (Å²) in [6.45, 7) is 14.3.